The molecule has 1 aromatic carbocycles. The molecule has 1 atom stereocenters. The van der Waals surface area contributed by atoms with Gasteiger partial charge in [0, 0.05) is 16.1 Å². The lowest BCUT2D eigenvalue weighted by atomic mass is 10.1. The van der Waals surface area contributed by atoms with E-state index < -0.39 is 5.97 Å². The summed E-state index contributed by atoms with van der Waals surface area (Å²) in [4.78, 5) is 24.1. The van der Waals surface area contributed by atoms with Crippen molar-refractivity contribution in [3.05, 3.63) is 34.2 Å². The molecule has 118 valence electrons. The van der Waals surface area contributed by atoms with Crippen molar-refractivity contribution in [2.45, 2.75) is 26.8 Å². The molecule has 22 heavy (non-hydrogen) atoms. The number of ether oxygens (including phenoxy) is 1. The van der Waals surface area contributed by atoms with Crippen LogP contribution in [0.4, 0.5) is 0 Å². The molecule has 2 aromatic rings. The van der Waals surface area contributed by atoms with Gasteiger partial charge in [-0.1, -0.05) is 43.6 Å². The summed E-state index contributed by atoms with van der Waals surface area (Å²) in [6.07, 6.45) is 0. The molecule has 4 nitrogen and oxygen atoms in total. The number of benzene rings is 1. The van der Waals surface area contributed by atoms with Crippen LogP contribution >= 0.6 is 22.9 Å². The van der Waals surface area contributed by atoms with Gasteiger partial charge in [0.1, 0.15) is 4.88 Å². The smallest absolute Gasteiger partial charge is 0.350 e. The number of halogens is 1. The van der Waals surface area contributed by atoms with Gasteiger partial charge >= 0.3 is 5.97 Å². The van der Waals surface area contributed by atoms with Crippen LogP contribution in [0.1, 0.15) is 30.4 Å². The van der Waals surface area contributed by atoms with Crippen molar-refractivity contribution < 1.29 is 14.3 Å². The molecule has 0 aliphatic heterocycles. The van der Waals surface area contributed by atoms with Gasteiger partial charge < -0.3 is 10.1 Å². The predicted octanol–water partition coefficient (Wildman–Crippen LogP) is 3.87. The van der Waals surface area contributed by atoms with Gasteiger partial charge in [-0.2, -0.15) is 0 Å². The largest absolute Gasteiger partial charge is 0.451 e. The van der Waals surface area contributed by atoms with Crippen LogP contribution in [-0.2, 0) is 9.53 Å². The molecule has 2 rings (SSSR count). The van der Waals surface area contributed by atoms with E-state index in [2.05, 4.69) is 5.32 Å². The molecule has 1 heterocycles. The van der Waals surface area contributed by atoms with E-state index in [9.17, 15) is 9.59 Å². The van der Waals surface area contributed by atoms with Crippen LogP contribution in [0.25, 0.3) is 10.1 Å². The highest BCUT2D eigenvalue weighted by Crippen LogP contribution is 2.35. The van der Waals surface area contributed by atoms with Gasteiger partial charge in [0.25, 0.3) is 5.91 Å². The molecule has 1 aromatic heterocycles. The lowest BCUT2D eigenvalue weighted by Crippen LogP contribution is -2.38. The van der Waals surface area contributed by atoms with Crippen LogP contribution in [0.15, 0.2) is 24.3 Å². The van der Waals surface area contributed by atoms with Crippen molar-refractivity contribution in [3.8, 4) is 0 Å². The summed E-state index contributed by atoms with van der Waals surface area (Å²) in [5, 5.41) is 3.98. The second-order valence-electron chi connectivity index (χ2n) is 5.42. The molecule has 0 radical (unpaired) electrons. The number of hydrogen-bond donors (Lipinski definition) is 1. The first-order chi connectivity index (χ1) is 10.4. The topological polar surface area (TPSA) is 55.4 Å². The number of carbonyl (C=O) groups is 2. The van der Waals surface area contributed by atoms with Crippen molar-refractivity contribution in [2.24, 2.45) is 5.92 Å². The fourth-order valence-electron chi connectivity index (χ4n) is 1.80. The molecule has 1 N–H and O–H groups in total. The summed E-state index contributed by atoms with van der Waals surface area (Å²) in [7, 11) is 0. The standard InChI is InChI=1S/C16H18ClNO3S/c1-9(2)10(3)18-13(19)8-21-16(20)15-14(17)11-6-4-5-7-12(11)22-15/h4-7,9-10H,8H2,1-3H3,(H,18,19)/t10-/m1/s1. The van der Waals surface area contributed by atoms with Gasteiger partial charge in [0.2, 0.25) is 0 Å². The Labute approximate surface area is 138 Å². The number of rotatable bonds is 5. The first-order valence-electron chi connectivity index (χ1n) is 7.03. The van der Waals surface area contributed by atoms with E-state index >= 15 is 0 Å². The maximum atomic E-state index is 12.1. The third kappa shape index (κ3) is 3.78. The van der Waals surface area contributed by atoms with Gasteiger partial charge in [0.15, 0.2) is 6.61 Å². The Morgan fingerprint density at radius 1 is 1.27 bits per heavy atom. The fourth-order valence-corrected chi connectivity index (χ4v) is 3.21. The van der Waals surface area contributed by atoms with Crippen molar-refractivity contribution in [3.63, 3.8) is 0 Å². The van der Waals surface area contributed by atoms with Crippen molar-refractivity contribution in [1.29, 1.82) is 0 Å². The highest BCUT2D eigenvalue weighted by atomic mass is 35.5. The second kappa shape index (κ2) is 7.11. The molecule has 0 aliphatic rings. The molecule has 0 fully saturated rings. The number of thiophene rings is 1. The molecular formula is C16H18ClNO3S. The fraction of sp³-hybridized carbons (Fsp3) is 0.375. The van der Waals surface area contributed by atoms with Crippen LogP contribution in [0.5, 0.6) is 0 Å². The number of fused-ring (bicyclic) bond motifs is 1. The van der Waals surface area contributed by atoms with Crippen LogP contribution in [0, 0.1) is 5.92 Å². The Bertz CT molecular complexity index is 696. The van der Waals surface area contributed by atoms with E-state index in [-0.39, 0.29) is 18.6 Å². The van der Waals surface area contributed by atoms with Crippen molar-refractivity contribution in [1.82, 2.24) is 5.32 Å². The lowest BCUT2D eigenvalue weighted by Gasteiger charge is -2.17. The zero-order valence-electron chi connectivity index (χ0n) is 12.7. The van der Waals surface area contributed by atoms with E-state index in [1.165, 1.54) is 11.3 Å². The van der Waals surface area contributed by atoms with Crippen LogP contribution in [0.2, 0.25) is 5.02 Å². The Morgan fingerprint density at radius 2 is 1.95 bits per heavy atom. The minimum atomic E-state index is -0.571. The average Bonchev–Trinajstić information content (AvgIpc) is 2.82. The minimum absolute atomic E-state index is 0.0270. The zero-order valence-corrected chi connectivity index (χ0v) is 14.3. The van der Waals surface area contributed by atoms with E-state index in [4.69, 9.17) is 16.3 Å². The molecule has 6 heteroatoms. The third-order valence-electron chi connectivity index (χ3n) is 3.44. The minimum Gasteiger partial charge on any atom is -0.451 e. The molecule has 1 amide bonds. The number of amides is 1. The molecule has 0 bridgehead atoms. The third-order valence-corrected chi connectivity index (χ3v) is 5.10. The highest BCUT2D eigenvalue weighted by molar-refractivity contribution is 7.21. The quantitative estimate of drug-likeness (QED) is 0.841. The van der Waals surface area contributed by atoms with E-state index in [0.717, 1.165) is 10.1 Å². The Morgan fingerprint density at radius 3 is 2.59 bits per heavy atom. The lowest BCUT2D eigenvalue weighted by molar-refractivity contribution is -0.125. The number of nitrogens with one attached hydrogen (secondary N) is 1. The Hall–Kier alpha value is -1.59. The normalized spacial score (nSPS) is 12.4. The van der Waals surface area contributed by atoms with Crippen LogP contribution in [0.3, 0.4) is 0 Å². The summed E-state index contributed by atoms with van der Waals surface area (Å²) < 4.78 is 5.97. The summed E-state index contributed by atoms with van der Waals surface area (Å²) in [5.74, 6) is -0.568. The summed E-state index contributed by atoms with van der Waals surface area (Å²) in [5.41, 5.74) is 0. The first kappa shape index (κ1) is 16.8. The van der Waals surface area contributed by atoms with Gasteiger partial charge in [-0.25, -0.2) is 4.79 Å². The zero-order chi connectivity index (χ0) is 16.3. The average molecular weight is 340 g/mol. The van der Waals surface area contributed by atoms with Crippen LogP contribution < -0.4 is 5.32 Å². The van der Waals surface area contributed by atoms with Crippen LogP contribution in [-0.4, -0.2) is 24.5 Å². The van der Waals surface area contributed by atoms with Gasteiger partial charge in [-0.3, -0.25) is 4.79 Å². The number of hydrogen-bond acceptors (Lipinski definition) is 4. The molecule has 0 spiro atoms. The molecular weight excluding hydrogens is 322 g/mol. The molecule has 0 saturated carbocycles. The van der Waals surface area contributed by atoms with E-state index in [0.29, 0.717) is 15.8 Å². The summed E-state index contributed by atoms with van der Waals surface area (Å²) in [6.45, 7) is 5.62. The van der Waals surface area contributed by atoms with Gasteiger partial charge in [0.05, 0.1) is 5.02 Å². The molecule has 0 unspecified atom stereocenters. The van der Waals surface area contributed by atoms with E-state index in [1.807, 2.05) is 45.0 Å². The monoisotopic (exact) mass is 339 g/mol. The molecule has 0 aliphatic carbocycles. The van der Waals surface area contributed by atoms with E-state index in [1.54, 1.807) is 0 Å². The maximum absolute atomic E-state index is 12.1. The number of carbonyl (C=O) groups excluding carboxylic acids is 2. The predicted molar refractivity (Wildman–Crippen MR) is 89.6 cm³/mol. The van der Waals surface area contributed by atoms with Crippen molar-refractivity contribution >= 4 is 44.9 Å². The van der Waals surface area contributed by atoms with Gasteiger partial charge in [-0.15, -0.1) is 11.3 Å². The second-order valence-corrected chi connectivity index (χ2v) is 6.85. The summed E-state index contributed by atoms with van der Waals surface area (Å²) in [6, 6.07) is 7.50. The Kier molecular flexibility index (Phi) is 5.42. The summed E-state index contributed by atoms with van der Waals surface area (Å²) >= 11 is 7.47. The maximum Gasteiger partial charge on any atom is 0.350 e. The Balaban J connectivity index is 2.00. The SMILES string of the molecule is CC(C)[C@@H](C)NC(=O)COC(=O)c1sc2ccccc2c1Cl. The highest BCUT2D eigenvalue weighted by Gasteiger charge is 2.19. The molecule has 0 saturated heterocycles. The van der Waals surface area contributed by atoms with Gasteiger partial charge in [-0.05, 0) is 18.9 Å². The number of esters is 1. The van der Waals surface area contributed by atoms with Crippen molar-refractivity contribution in [2.75, 3.05) is 6.61 Å². The first-order valence-corrected chi connectivity index (χ1v) is 8.23.